The topological polar surface area (TPSA) is 55.3 Å². The van der Waals surface area contributed by atoms with Gasteiger partial charge in [-0.3, -0.25) is 0 Å². The van der Waals surface area contributed by atoms with Crippen LogP contribution in [0.4, 0.5) is 13.2 Å². The molecule has 120 valence electrons. The maximum atomic E-state index is 14.2. The summed E-state index contributed by atoms with van der Waals surface area (Å²) in [6.45, 7) is 5.31. The van der Waals surface area contributed by atoms with Crippen LogP contribution in [0.5, 0.6) is 0 Å². The van der Waals surface area contributed by atoms with Gasteiger partial charge in [0, 0.05) is 16.9 Å². The monoisotopic (exact) mass is 323 g/mol. The molecule has 0 radical (unpaired) electrons. The molecule has 0 spiro atoms. The van der Waals surface area contributed by atoms with E-state index in [0.717, 1.165) is 6.07 Å². The molecule has 0 heterocycles. The molecule has 0 aromatic heterocycles. The van der Waals surface area contributed by atoms with Gasteiger partial charge in [0.2, 0.25) is 0 Å². The summed E-state index contributed by atoms with van der Waals surface area (Å²) >= 11 is -1.46. The maximum absolute atomic E-state index is 14.2. The van der Waals surface area contributed by atoms with Gasteiger partial charge in [0.15, 0.2) is 0 Å². The molecule has 0 bridgehead atoms. The molecule has 0 saturated heterocycles. The lowest BCUT2D eigenvalue weighted by Crippen LogP contribution is -2.40. The zero-order valence-electron chi connectivity index (χ0n) is 12.4. The van der Waals surface area contributed by atoms with Crippen molar-refractivity contribution in [2.24, 2.45) is 0 Å². The molecule has 1 aromatic carbocycles. The van der Waals surface area contributed by atoms with Gasteiger partial charge in [0.25, 0.3) is 5.92 Å². The third-order valence-electron chi connectivity index (χ3n) is 2.93. The highest BCUT2D eigenvalue weighted by atomic mass is 32.2. The second-order valence-electron chi connectivity index (χ2n) is 5.79. The van der Waals surface area contributed by atoms with Crippen LogP contribution < -0.4 is 4.72 Å². The van der Waals surface area contributed by atoms with Crippen molar-refractivity contribution < 1.29 is 22.8 Å². The van der Waals surface area contributed by atoms with Crippen molar-refractivity contribution in [1.29, 1.82) is 0 Å². The van der Waals surface area contributed by atoms with Crippen LogP contribution in [0, 0.1) is 5.82 Å². The van der Waals surface area contributed by atoms with E-state index in [0.29, 0.717) is 0 Å². The zero-order chi connectivity index (χ0) is 16.4. The van der Waals surface area contributed by atoms with E-state index < -0.39 is 46.1 Å². The van der Waals surface area contributed by atoms with Gasteiger partial charge < -0.3 is 9.66 Å². The van der Waals surface area contributed by atoms with Gasteiger partial charge in [-0.15, -0.1) is 4.72 Å². The number of alkyl halides is 2. The predicted octanol–water partition coefficient (Wildman–Crippen LogP) is 3.02. The van der Waals surface area contributed by atoms with Crippen molar-refractivity contribution in [3.63, 3.8) is 0 Å². The van der Waals surface area contributed by atoms with Gasteiger partial charge in [-0.05, 0) is 33.8 Å². The second-order valence-corrected chi connectivity index (χ2v) is 7.79. The van der Waals surface area contributed by atoms with Crippen molar-refractivity contribution >= 4 is 11.4 Å². The molecule has 0 unspecified atom stereocenters. The first-order valence-corrected chi connectivity index (χ1v) is 7.61. The summed E-state index contributed by atoms with van der Waals surface area (Å²) in [5.41, 5.74) is -0.879. The number of aliphatic hydroxyl groups excluding tert-OH is 1. The summed E-state index contributed by atoms with van der Waals surface area (Å²) < 4.78 is 55.3. The minimum absolute atomic E-state index is 0.0155. The largest absolute Gasteiger partial charge is 0.598 e. The molecule has 0 aliphatic heterocycles. The van der Waals surface area contributed by atoms with Gasteiger partial charge in [0.1, 0.15) is 17.2 Å². The molecule has 0 aliphatic carbocycles. The lowest BCUT2D eigenvalue weighted by Gasteiger charge is -2.27. The van der Waals surface area contributed by atoms with Gasteiger partial charge in [-0.2, -0.15) is 8.78 Å². The molecule has 2 N–H and O–H groups in total. The molecular formula is C14H20F3NO2S. The summed E-state index contributed by atoms with van der Waals surface area (Å²) in [7, 11) is 0. The van der Waals surface area contributed by atoms with E-state index in [2.05, 4.69) is 4.72 Å². The van der Waals surface area contributed by atoms with Crippen LogP contribution in [0.15, 0.2) is 18.2 Å². The molecule has 1 rings (SSSR count). The lowest BCUT2D eigenvalue weighted by atomic mass is 10.0. The van der Waals surface area contributed by atoms with Crippen LogP contribution in [0.2, 0.25) is 0 Å². The fraction of sp³-hybridized carbons (Fsp3) is 0.571. The number of halogens is 3. The van der Waals surface area contributed by atoms with Crippen LogP contribution in [0.1, 0.15) is 44.9 Å². The third kappa shape index (κ3) is 4.35. The van der Waals surface area contributed by atoms with Crippen LogP contribution in [-0.2, 0) is 17.3 Å². The Bertz CT molecular complexity index is 492. The average Bonchev–Trinajstić information content (AvgIpc) is 2.37. The summed E-state index contributed by atoms with van der Waals surface area (Å²) in [6, 6.07) is 2.86. The highest BCUT2D eigenvalue weighted by Crippen LogP contribution is 2.32. The van der Waals surface area contributed by atoms with Crippen molar-refractivity contribution in [3.8, 4) is 0 Å². The Hall–Kier alpha value is -0.760. The molecule has 0 saturated carbocycles. The first-order chi connectivity index (χ1) is 9.50. The second kappa shape index (κ2) is 6.56. The maximum Gasteiger partial charge on any atom is 0.298 e. The molecule has 0 amide bonds. The van der Waals surface area contributed by atoms with E-state index >= 15 is 0 Å². The molecule has 0 aliphatic rings. The van der Waals surface area contributed by atoms with Gasteiger partial charge in [-0.25, -0.2) is 4.39 Å². The average molecular weight is 323 g/mol. The van der Waals surface area contributed by atoms with Crippen molar-refractivity contribution in [2.45, 2.75) is 44.4 Å². The van der Waals surface area contributed by atoms with Crippen LogP contribution in [0.3, 0.4) is 0 Å². The predicted molar refractivity (Wildman–Crippen MR) is 76.8 cm³/mol. The normalized spacial score (nSPS) is 15.9. The van der Waals surface area contributed by atoms with Crippen LogP contribution in [-0.4, -0.2) is 21.0 Å². The molecule has 0 fully saturated rings. The number of nitrogens with one attached hydrogen (secondary N) is 1. The van der Waals surface area contributed by atoms with E-state index in [1.54, 1.807) is 27.7 Å². The lowest BCUT2D eigenvalue weighted by molar-refractivity contribution is -0.0584. The number of benzene rings is 1. The van der Waals surface area contributed by atoms with E-state index in [-0.39, 0.29) is 5.56 Å². The minimum Gasteiger partial charge on any atom is -0.598 e. The van der Waals surface area contributed by atoms with Crippen molar-refractivity contribution in [1.82, 2.24) is 4.72 Å². The Morgan fingerprint density at radius 3 is 2.38 bits per heavy atom. The minimum atomic E-state index is -3.65. The van der Waals surface area contributed by atoms with Gasteiger partial charge in [0.05, 0.1) is 11.6 Å². The molecule has 7 heteroatoms. The summed E-state index contributed by atoms with van der Waals surface area (Å²) in [5.74, 6) is -4.74. The van der Waals surface area contributed by atoms with E-state index in [1.165, 1.54) is 12.1 Å². The number of hydrogen-bond acceptors (Lipinski definition) is 3. The number of aliphatic hydroxyl groups is 1. The van der Waals surface area contributed by atoms with E-state index in [4.69, 9.17) is 5.11 Å². The Labute approximate surface area is 125 Å². The molecule has 2 atom stereocenters. The van der Waals surface area contributed by atoms with Crippen LogP contribution in [0.25, 0.3) is 0 Å². The zero-order valence-corrected chi connectivity index (χ0v) is 13.2. The summed E-state index contributed by atoms with van der Waals surface area (Å²) in [4.78, 5) is 0. The Kier molecular flexibility index (Phi) is 5.71. The Morgan fingerprint density at radius 1 is 1.33 bits per heavy atom. The smallest absolute Gasteiger partial charge is 0.298 e. The van der Waals surface area contributed by atoms with Gasteiger partial charge >= 0.3 is 0 Å². The SMILES string of the molecule is C[C@H](N[S@+]([O-])C(C)(C)C)c1cccc(C(F)(F)CO)c1F. The highest BCUT2D eigenvalue weighted by Gasteiger charge is 2.36. The number of hydrogen-bond donors (Lipinski definition) is 2. The Balaban J connectivity index is 3.07. The fourth-order valence-corrected chi connectivity index (χ4v) is 2.45. The molecule has 1 aromatic rings. The van der Waals surface area contributed by atoms with Gasteiger partial charge in [-0.1, -0.05) is 12.1 Å². The van der Waals surface area contributed by atoms with Crippen molar-refractivity contribution in [2.75, 3.05) is 6.61 Å². The first-order valence-electron chi connectivity index (χ1n) is 6.46. The molecular weight excluding hydrogens is 303 g/mol. The van der Waals surface area contributed by atoms with E-state index in [1.807, 2.05) is 0 Å². The highest BCUT2D eigenvalue weighted by molar-refractivity contribution is 7.90. The Morgan fingerprint density at radius 2 is 1.90 bits per heavy atom. The third-order valence-corrected chi connectivity index (χ3v) is 4.61. The quantitative estimate of drug-likeness (QED) is 0.819. The summed E-state index contributed by atoms with van der Waals surface area (Å²) in [5, 5.41) is 8.67. The first kappa shape index (κ1) is 18.3. The van der Waals surface area contributed by atoms with E-state index in [9.17, 15) is 17.7 Å². The summed E-state index contributed by atoms with van der Waals surface area (Å²) in [6.07, 6.45) is 0. The molecule has 3 nitrogen and oxygen atoms in total. The van der Waals surface area contributed by atoms with Crippen molar-refractivity contribution in [3.05, 3.63) is 35.1 Å². The standard InChI is InChI=1S/C14H20F3NO2S/c1-9(18-21(20)13(2,3)4)10-6-5-7-11(12(10)15)14(16,17)8-19/h5-7,9,18-19H,8H2,1-4H3/t9-,21+/m0/s1. The van der Waals surface area contributed by atoms with Crippen LogP contribution >= 0.6 is 0 Å². The number of rotatable bonds is 5. The molecule has 21 heavy (non-hydrogen) atoms. The fourth-order valence-electron chi connectivity index (χ4n) is 1.65.